The van der Waals surface area contributed by atoms with Gasteiger partial charge < -0.3 is 19.6 Å². The highest BCUT2D eigenvalue weighted by Crippen LogP contribution is 2.26. The summed E-state index contributed by atoms with van der Waals surface area (Å²) in [6.45, 7) is 13.1. The van der Waals surface area contributed by atoms with Gasteiger partial charge in [-0.2, -0.15) is 0 Å². The zero-order chi connectivity index (χ0) is 26.2. The van der Waals surface area contributed by atoms with Crippen LogP contribution in [0.4, 0.5) is 0 Å². The van der Waals surface area contributed by atoms with E-state index in [-0.39, 0.29) is 18.0 Å². The molecule has 0 saturated carbocycles. The first-order chi connectivity index (χ1) is 16.3. The van der Waals surface area contributed by atoms with Gasteiger partial charge in [0.1, 0.15) is 18.8 Å². The first-order valence-corrected chi connectivity index (χ1v) is 12.5. The second-order valence-corrected chi connectivity index (χ2v) is 11.0. The van der Waals surface area contributed by atoms with Crippen molar-refractivity contribution < 1.29 is 18.5 Å². The van der Waals surface area contributed by atoms with Gasteiger partial charge in [-0.05, 0) is 72.8 Å². The zero-order valence-corrected chi connectivity index (χ0v) is 22.8. The normalized spacial score (nSPS) is 11.5. The first kappa shape index (κ1) is 28.6. The quantitative estimate of drug-likeness (QED) is 0.195. The van der Waals surface area contributed by atoms with Crippen molar-refractivity contribution >= 4 is 41.5 Å². The number of ether oxygens (including phenoxy) is 1. The minimum atomic E-state index is -0.562. The summed E-state index contributed by atoms with van der Waals surface area (Å²) in [7, 11) is 0. The summed E-state index contributed by atoms with van der Waals surface area (Å²) >= 11 is 5.96. The predicted octanol–water partition coefficient (Wildman–Crippen LogP) is 4.92. The Morgan fingerprint density at radius 1 is 0.943 bits per heavy atom. The van der Waals surface area contributed by atoms with E-state index in [0.29, 0.717) is 36.0 Å². The fraction of sp³-hybridized carbons (Fsp3) is 0.423. The van der Waals surface area contributed by atoms with Gasteiger partial charge in [0, 0.05) is 13.1 Å². The number of thiocarbonyl (C=S) groups is 1. The van der Waals surface area contributed by atoms with E-state index in [9.17, 15) is 9.59 Å². The maximum Gasteiger partial charge on any atom is 0.351 e. The minimum Gasteiger partial charge on any atom is -0.460 e. The molecular formula is C26H35N3O4S2. The number of benzene rings is 2. The Bertz CT molecular complexity index is 1040. The van der Waals surface area contributed by atoms with E-state index in [0.717, 1.165) is 16.7 Å². The Hall–Kier alpha value is -2.62. The van der Waals surface area contributed by atoms with Gasteiger partial charge in [0.05, 0.1) is 11.0 Å². The van der Waals surface area contributed by atoms with Crippen LogP contribution in [-0.2, 0) is 38.8 Å². The van der Waals surface area contributed by atoms with Gasteiger partial charge in [-0.15, -0.1) is 0 Å². The van der Waals surface area contributed by atoms with Crippen molar-refractivity contribution in [2.45, 2.75) is 66.7 Å². The summed E-state index contributed by atoms with van der Waals surface area (Å²) in [5.74, 6) is -0.730. The molecule has 9 heteroatoms. The van der Waals surface area contributed by atoms with Crippen molar-refractivity contribution in [3.05, 3.63) is 70.3 Å². The smallest absolute Gasteiger partial charge is 0.351 e. The number of nitrogens with two attached hydrogens (primary N) is 1. The predicted molar refractivity (Wildman–Crippen MR) is 144 cm³/mol. The summed E-state index contributed by atoms with van der Waals surface area (Å²) in [5.41, 5.74) is 3.91. The maximum atomic E-state index is 12.3. The van der Waals surface area contributed by atoms with Crippen LogP contribution in [0.2, 0.25) is 0 Å². The van der Waals surface area contributed by atoms with Crippen molar-refractivity contribution in [1.82, 2.24) is 10.6 Å². The molecule has 35 heavy (non-hydrogen) atoms. The molecule has 0 radical (unpaired) electrons. The SMILES string of the molecule is CC(C)(C)C(=O)OCc1cc(C(C)(C)C)ccc1CNC(=S)NCc1ccc(C(=O)OSN)cc1. The van der Waals surface area contributed by atoms with Crippen LogP contribution in [0.25, 0.3) is 0 Å². The van der Waals surface area contributed by atoms with E-state index in [2.05, 4.69) is 43.5 Å². The zero-order valence-electron chi connectivity index (χ0n) is 21.2. The van der Waals surface area contributed by atoms with E-state index in [4.69, 9.17) is 26.3 Å². The largest absolute Gasteiger partial charge is 0.460 e. The van der Waals surface area contributed by atoms with Gasteiger partial charge >= 0.3 is 11.9 Å². The third-order valence-electron chi connectivity index (χ3n) is 5.25. The molecule has 2 rings (SSSR count). The van der Waals surface area contributed by atoms with E-state index < -0.39 is 11.4 Å². The molecule has 0 bridgehead atoms. The van der Waals surface area contributed by atoms with Crippen molar-refractivity contribution in [2.75, 3.05) is 0 Å². The molecular weight excluding hydrogens is 482 g/mol. The summed E-state index contributed by atoms with van der Waals surface area (Å²) < 4.78 is 10.3. The molecule has 0 saturated heterocycles. The summed E-state index contributed by atoms with van der Waals surface area (Å²) in [5, 5.41) is 12.0. The molecule has 2 aromatic rings. The highest BCUT2D eigenvalue weighted by atomic mass is 32.2. The second-order valence-electron chi connectivity index (χ2n) is 10.3. The maximum absolute atomic E-state index is 12.3. The Balaban J connectivity index is 2.00. The molecule has 0 aliphatic heterocycles. The molecule has 0 atom stereocenters. The Kier molecular flexibility index (Phi) is 10.1. The minimum absolute atomic E-state index is 0.0267. The van der Waals surface area contributed by atoms with Crippen molar-refractivity contribution in [2.24, 2.45) is 10.6 Å². The average Bonchev–Trinajstić information content (AvgIpc) is 2.79. The number of esters is 1. The number of nitrogens with one attached hydrogen (secondary N) is 2. The average molecular weight is 518 g/mol. The van der Waals surface area contributed by atoms with Crippen molar-refractivity contribution in [1.29, 1.82) is 0 Å². The van der Waals surface area contributed by atoms with E-state index in [1.165, 1.54) is 5.56 Å². The molecule has 0 aromatic heterocycles. The lowest BCUT2D eigenvalue weighted by atomic mass is 9.85. The lowest BCUT2D eigenvalue weighted by Gasteiger charge is -2.23. The van der Waals surface area contributed by atoms with Gasteiger partial charge in [0.25, 0.3) is 0 Å². The fourth-order valence-electron chi connectivity index (χ4n) is 3.03. The standard InChI is InChI=1S/C26H35N3O4S2/c1-25(2,3)21-12-11-19(20(13-21)16-32-23(31)26(4,5)6)15-29-24(34)28-14-17-7-9-18(10-8-17)22(30)33-35-27/h7-13H,14-16,27H2,1-6H3,(H2,28,29,34). The van der Waals surface area contributed by atoms with Crippen molar-refractivity contribution in [3.63, 3.8) is 0 Å². The van der Waals surface area contributed by atoms with Gasteiger partial charge in [-0.3, -0.25) is 4.79 Å². The van der Waals surface area contributed by atoms with Crippen LogP contribution in [0, 0.1) is 5.41 Å². The van der Waals surface area contributed by atoms with Crippen LogP contribution >= 0.6 is 24.4 Å². The van der Waals surface area contributed by atoms with Crippen LogP contribution in [0.5, 0.6) is 0 Å². The molecule has 0 amide bonds. The topological polar surface area (TPSA) is 103 Å². The number of carbonyl (C=O) groups excluding carboxylic acids is 2. The molecule has 0 aliphatic rings. The van der Waals surface area contributed by atoms with Crippen LogP contribution in [0.1, 0.15) is 74.2 Å². The van der Waals surface area contributed by atoms with E-state index in [1.54, 1.807) is 12.1 Å². The number of carbonyl (C=O) groups is 2. The molecule has 0 spiro atoms. The molecule has 2 aromatic carbocycles. The number of rotatable bonds is 8. The number of hydrogen-bond donors (Lipinski definition) is 3. The fourth-order valence-corrected chi connectivity index (χ4v) is 3.36. The monoisotopic (exact) mass is 517 g/mol. The summed E-state index contributed by atoms with van der Waals surface area (Å²) in [6.07, 6.45) is 0. The van der Waals surface area contributed by atoms with E-state index in [1.807, 2.05) is 39.0 Å². The highest BCUT2D eigenvalue weighted by molar-refractivity contribution is 7.92. The summed E-state index contributed by atoms with van der Waals surface area (Å²) in [6, 6.07) is 13.2. The lowest BCUT2D eigenvalue weighted by molar-refractivity contribution is -0.154. The molecule has 0 heterocycles. The Morgan fingerprint density at radius 2 is 1.57 bits per heavy atom. The lowest BCUT2D eigenvalue weighted by Crippen LogP contribution is -2.34. The van der Waals surface area contributed by atoms with Crippen LogP contribution < -0.4 is 15.8 Å². The van der Waals surface area contributed by atoms with Gasteiger partial charge in [-0.1, -0.05) is 51.1 Å². The number of hydrogen-bond acceptors (Lipinski definition) is 7. The third-order valence-corrected chi connectivity index (χ3v) is 5.79. The van der Waals surface area contributed by atoms with Crippen LogP contribution in [0.3, 0.4) is 0 Å². The molecule has 0 aliphatic carbocycles. The Labute approximate surface area is 217 Å². The highest BCUT2D eigenvalue weighted by Gasteiger charge is 2.24. The molecule has 0 fully saturated rings. The van der Waals surface area contributed by atoms with Crippen LogP contribution in [-0.4, -0.2) is 17.1 Å². The first-order valence-electron chi connectivity index (χ1n) is 11.3. The van der Waals surface area contributed by atoms with Gasteiger partial charge in [0.15, 0.2) is 5.11 Å². The molecule has 190 valence electrons. The van der Waals surface area contributed by atoms with Gasteiger partial charge in [-0.25, -0.2) is 9.93 Å². The molecule has 0 unspecified atom stereocenters. The molecule has 4 N–H and O–H groups in total. The van der Waals surface area contributed by atoms with E-state index >= 15 is 0 Å². The van der Waals surface area contributed by atoms with Gasteiger partial charge in [0.2, 0.25) is 0 Å². The van der Waals surface area contributed by atoms with Crippen LogP contribution in [0.15, 0.2) is 42.5 Å². The van der Waals surface area contributed by atoms with Crippen molar-refractivity contribution in [3.8, 4) is 0 Å². The third kappa shape index (κ3) is 9.16. The second kappa shape index (κ2) is 12.4. The molecule has 7 nitrogen and oxygen atoms in total. The Morgan fingerprint density at radius 3 is 2.14 bits per heavy atom. The summed E-state index contributed by atoms with van der Waals surface area (Å²) in [4.78, 5) is 24.0.